The second-order valence-corrected chi connectivity index (χ2v) is 6.82. The first-order valence-corrected chi connectivity index (χ1v) is 9.18. The van der Waals surface area contributed by atoms with Crippen LogP contribution in [-0.4, -0.2) is 9.97 Å². The Morgan fingerprint density at radius 2 is 1.65 bits per heavy atom. The molecule has 0 saturated heterocycles. The quantitative estimate of drug-likeness (QED) is 0.542. The van der Waals surface area contributed by atoms with Gasteiger partial charge in [-0.05, 0) is 49.4 Å². The lowest BCUT2D eigenvalue weighted by Crippen LogP contribution is -1.93. The average molecular weight is 327 g/mol. The monoisotopic (exact) mass is 326 g/mol. The minimum absolute atomic E-state index is 0.459. The third-order valence-corrected chi connectivity index (χ3v) is 4.93. The highest BCUT2D eigenvalue weighted by Crippen LogP contribution is 2.30. The molecule has 0 unspecified atom stereocenters. The molecule has 0 radical (unpaired) electrons. The maximum atomic E-state index is 4.89. The maximum Gasteiger partial charge on any atom is 0.142 e. The normalized spacial score (nSPS) is 10.8. The summed E-state index contributed by atoms with van der Waals surface area (Å²) in [5.74, 6) is 0.459. The predicted molar refractivity (Wildman–Crippen MR) is 102 cm³/mol. The van der Waals surface area contributed by atoms with Crippen LogP contribution < -0.4 is 0 Å². The van der Waals surface area contributed by atoms with Crippen LogP contribution in [0.25, 0.3) is 21.6 Å². The number of fused-ring (bicyclic) bond motifs is 1. The first-order valence-electron chi connectivity index (χ1n) is 8.30. The van der Waals surface area contributed by atoms with E-state index in [0.717, 1.165) is 21.9 Å². The zero-order valence-electron chi connectivity index (χ0n) is 15.2. The molecule has 2 heterocycles. The molecule has 0 aliphatic heterocycles. The molecule has 2 nitrogen and oxygen atoms in total. The van der Waals surface area contributed by atoms with Gasteiger partial charge >= 0.3 is 0 Å². The second kappa shape index (κ2) is 7.22. The minimum Gasteiger partial charge on any atom is -0.245 e. The third kappa shape index (κ3) is 3.45. The molecule has 122 valence electrons. The van der Waals surface area contributed by atoms with Crippen LogP contribution in [0.2, 0.25) is 0 Å². The summed E-state index contributed by atoms with van der Waals surface area (Å²) >= 11 is 1.68. The zero-order valence-corrected chi connectivity index (χ0v) is 16.0. The largest absolute Gasteiger partial charge is 0.245 e. The highest BCUT2D eigenvalue weighted by Gasteiger charge is 2.12. The molecular weight excluding hydrogens is 300 g/mol. The number of nitrogens with zero attached hydrogens (tertiary/aromatic N) is 2. The fraction of sp³-hybridized carbons (Fsp3) is 0.400. The molecule has 3 heteroatoms. The van der Waals surface area contributed by atoms with Gasteiger partial charge in [0.05, 0.1) is 16.9 Å². The van der Waals surface area contributed by atoms with Crippen LogP contribution in [-0.2, 0) is 0 Å². The number of hydrogen-bond acceptors (Lipinski definition) is 3. The van der Waals surface area contributed by atoms with Gasteiger partial charge in [-0.3, -0.25) is 0 Å². The van der Waals surface area contributed by atoms with Crippen molar-refractivity contribution in [3.8, 4) is 10.7 Å². The Balaban J connectivity index is 0.000000924. The van der Waals surface area contributed by atoms with E-state index in [2.05, 4.69) is 58.2 Å². The Kier molecular flexibility index (Phi) is 5.53. The number of pyridine rings is 1. The van der Waals surface area contributed by atoms with Gasteiger partial charge in [-0.15, -0.1) is 11.3 Å². The van der Waals surface area contributed by atoms with Gasteiger partial charge in [-0.1, -0.05) is 39.8 Å². The van der Waals surface area contributed by atoms with Crippen LogP contribution in [0, 0.1) is 20.8 Å². The zero-order chi connectivity index (χ0) is 17.1. The number of hydrogen-bond donors (Lipinski definition) is 0. The van der Waals surface area contributed by atoms with Gasteiger partial charge in [0.1, 0.15) is 5.01 Å². The van der Waals surface area contributed by atoms with Crippen molar-refractivity contribution < 1.29 is 0 Å². The van der Waals surface area contributed by atoms with Gasteiger partial charge in [0.25, 0.3) is 0 Å². The van der Waals surface area contributed by atoms with Crippen LogP contribution in [0.5, 0.6) is 0 Å². The summed E-state index contributed by atoms with van der Waals surface area (Å²) in [6.07, 6.45) is 0. The van der Waals surface area contributed by atoms with Crippen molar-refractivity contribution in [3.05, 3.63) is 46.0 Å². The lowest BCUT2D eigenvalue weighted by atomic mass is 10.0. The van der Waals surface area contributed by atoms with Gasteiger partial charge in [-0.2, -0.15) is 0 Å². The van der Waals surface area contributed by atoms with Crippen LogP contribution in [0.1, 0.15) is 56.0 Å². The first kappa shape index (κ1) is 17.6. The van der Waals surface area contributed by atoms with Crippen LogP contribution >= 0.6 is 11.3 Å². The van der Waals surface area contributed by atoms with Gasteiger partial charge in [0, 0.05) is 10.8 Å². The van der Waals surface area contributed by atoms with Crippen LogP contribution in [0.15, 0.2) is 23.6 Å². The minimum atomic E-state index is 0.459. The molecule has 1 aromatic carbocycles. The summed E-state index contributed by atoms with van der Waals surface area (Å²) in [5, 5.41) is 4.40. The number of rotatable bonds is 2. The van der Waals surface area contributed by atoms with E-state index >= 15 is 0 Å². The van der Waals surface area contributed by atoms with Crippen molar-refractivity contribution >= 4 is 22.2 Å². The topological polar surface area (TPSA) is 25.8 Å². The van der Waals surface area contributed by atoms with Crippen molar-refractivity contribution in [2.75, 3.05) is 0 Å². The van der Waals surface area contributed by atoms with Crippen molar-refractivity contribution in [2.24, 2.45) is 0 Å². The Morgan fingerprint density at radius 3 is 2.26 bits per heavy atom. The van der Waals surface area contributed by atoms with Crippen molar-refractivity contribution in [3.63, 3.8) is 0 Å². The molecule has 0 atom stereocenters. The van der Waals surface area contributed by atoms with Gasteiger partial charge in [0.15, 0.2) is 0 Å². The van der Waals surface area contributed by atoms with E-state index in [-0.39, 0.29) is 0 Å². The Bertz CT molecular complexity index is 816. The molecule has 0 aliphatic carbocycles. The molecule has 3 rings (SSSR count). The molecule has 0 amide bonds. The third-order valence-electron chi connectivity index (χ3n) is 4.04. The Labute approximate surface area is 143 Å². The standard InChI is InChI=1S/C18H20N2S.C2H6/c1-10(2)16-9-21-18(20-16)15-8-12(4)14-7-6-11(3)13(5)17(14)19-15;1-2/h6-10H,1-5H3;1-2H3. The van der Waals surface area contributed by atoms with E-state index in [1.807, 2.05) is 13.8 Å². The summed E-state index contributed by atoms with van der Waals surface area (Å²) in [6, 6.07) is 6.50. The van der Waals surface area contributed by atoms with E-state index in [9.17, 15) is 0 Å². The fourth-order valence-corrected chi connectivity index (χ4v) is 3.42. The SMILES string of the molecule is CC.Cc1ccc2c(C)cc(-c3nc(C(C)C)cs3)nc2c1C. The molecule has 0 saturated carbocycles. The van der Waals surface area contributed by atoms with Crippen LogP contribution in [0.3, 0.4) is 0 Å². The number of benzene rings is 1. The van der Waals surface area contributed by atoms with E-state index < -0.39 is 0 Å². The van der Waals surface area contributed by atoms with E-state index in [4.69, 9.17) is 9.97 Å². The number of aryl methyl sites for hydroxylation is 3. The second-order valence-electron chi connectivity index (χ2n) is 5.96. The highest BCUT2D eigenvalue weighted by molar-refractivity contribution is 7.13. The molecular formula is C20H26N2S. The van der Waals surface area contributed by atoms with Gasteiger partial charge < -0.3 is 0 Å². The lowest BCUT2D eigenvalue weighted by Gasteiger charge is -2.09. The predicted octanol–water partition coefficient (Wildman–Crippen LogP) is 6.43. The molecule has 0 spiro atoms. The summed E-state index contributed by atoms with van der Waals surface area (Å²) in [7, 11) is 0. The highest BCUT2D eigenvalue weighted by atomic mass is 32.1. The molecule has 3 aromatic rings. The van der Waals surface area contributed by atoms with E-state index in [1.165, 1.54) is 22.1 Å². The summed E-state index contributed by atoms with van der Waals surface area (Å²) in [6.45, 7) is 14.8. The fourth-order valence-electron chi connectivity index (χ4n) is 2.48. The van der Waals surface area contributed by atoms with Crippen molar-refractivity contribution in [1.29, 1.82) is 0 Å². The smallest absolute Gasteiger partial charge is 0.142 e. The van der Waals surface area contributed by atoms with Gasteiger partial charge in [0.2, 0.25) is 0 Å². The summed E-state index contributed by atoms with van der Waals surface area (Å²) < 4.78 is 0. The molecule has 0 N–H and O–H groups in total. The molecule has 0 aliphatic rings. The Hall–Kier alpha value is -1.74. The lowest BCUT2D eigenvalue weighted by molar-refractivity contribution is 0.834. The van der Waals surface area contributed by atoms with Crippen molar-refractivity contribution in [1.82, 2.24) is 9.97 Å². The Morgan fingerprint density at radius 1 is 0.957 bits per heavy atom. The molecule has 0 bridgehead atoms. The molecule has 2 aromatic heterocycles. The molecule has 23 heavy (non-hydrogen) atoms. The van der Waals surface area contributed by atoms with E-state index in [0.29, 0.717) is 5.92 Å². The molecule has 0 fully saturated rings. The van der Waals surface area contributed by atoms with E-state index in [1.54, 1.807) is 11.3 Å². The van der Waals surface area contributed by atoms with Gasteiger partial charge in [-0.25, -0.2) is 9.97 Å². The number of thiazole rings is 1. The summed E-state index contributed by atoms with van der Waals surface area (Å²) in [4.78, 5) is 9.62. The maximum absolute atomic E-state index is 4.89. The summed E-state index contributed by atoms with van der Waals surface area (Å²) in [5.41, 5.74) is 7.05. The number of aromatic nitrogens is 2. The van der Waals surface area contributed by atoms with Crippen LogP contribution in [0.4, 0.5) is 0 Å². The van der Waals surface area contributed by atoms with Crippen molar-refractivity contribution in [2.45, 2.75) is 54.4 Å². The first-order chi connectivity index (χ1) is 11.0. The average Bonchev–Trinajstić information content (AvgIpc) is 3.03.